The number of hydrogen-bond donors (Lipinski definition) is 2. The standard InChI is InChI=1S/C23H24ClN3O3/c1-14(2)7-10-16(28)13-19(17-5-3-4-6-18(17)23(29)30)25-21-12-9-15-8-11-20(24)26-22(15)27-21/h3-6,8-9,11-12,14,19,24H,7,10,13H2,1-2H3,(H-,25,26,27,29,30)/p+1. The lowest BCUT2D eigenvalue weighted by Gasteiger charge is -2.21. The third-order valence-electron chi connectivity index (χ3n) is 4.85. The molecule has 0 bridgehead atoms. The first-order valence-electron chi connectivity index (χ1n) is 9.88. The summed E-state index contributed by atoms with van der Waals surface area (Å²) in [6.45, 7) is 4.14. The van der Waals surface area contributed by atoms with Crippen molar-refractivity contribution >= 4 is 28.6 Å². The van der Waals surface area contributed by atoms with E-state index in [1.54, 1.807) is 36.4 Å². The number of anilines is 1. The first kappa shape index (κ1) is 21.7. The van der Waals surface area contributed by atoms with Crippen LogP contribution in [-0.4, -0.2) is 26.8 Å². The molecule has 0 aliphatic carbocycles. The number of aromatic nitrogens is 2. The highest BCUT2D eigenvalue weighted by molar-refractivity contribution is 5.90. The third kappa shape index (κ3) is 5.54. The van der Waals surface area contributed by atoms with E-state index < -0.39 is 12.0 Å². The second-order valence-electron chi connectivity index (χ2n) is 7.66. The van der Waals surface area contributed by atoms with Gasteiger partial charge in [-0.1, -0.05) is 32.0 Å². The summed E-state index contributed by atoms with van der Waals surface area (Å²) in [7, 11) is 0. The van der Waals surface area contributed by atoms with Crippen LogP contribution in [0.4, 0.5) is 5.82 Å². The number of rotatable bonds is 9. The minimum atomic E-state index is -1.03. The van der Waals surface area contributed by atoms with E-state index >= 15 is 0 Å². The van der Waals surface area contributed by atoms with E-state index in [0.717, 1.165) is 11.8 Å². The van der Waals surface area contributed by atoms with Gasteiger partial charge in [0.15, 0.2) is 17.2 Å². The van der Waals surface area contributed by atoms with E-state index in [4.69, 9.17) is 11.6 Å². The molecule has 156 valence electrons. The summed E-state index contributed by atoms with van der Waals surface area (Å²) in [5, 5.41) is 14.2. The normalized spacial score (nSPS) is 12.1. The Kier molecular flexibility index (Phi) is 7.00. The Bertz CT molecular complexity index is 1070. The molecule has 0 aliphatic rings. The molecule has 3 rings (SSSR count). The van der Waals surface area contributed by atoms with Gasteiger partial charge in [-0.15, -0.1) is 0 Å². The summed E-state index contributed by atoms with van der Waals surface area (Å²) in [5.41, 5.74) is 1.22. The maximum absolute atomic E-state index is 12.6. The summed E-state index contributed by atoms with van der Waals surface area (Å²) in [6.07, 6.45) is 1.42. The molecule has 1 unspecified atom stereocenters. The van der Waals surface area contributed by atoms with Gasteiger partial charge in [0.05, 0.1) is 11.6 Å². The van der Waals surface area contributed by atoms with Gasteiger partial charge in [-0.05, 0) is 42.2 Å². The first-order chi connectivity index (χ1) is 14.3. The average molecular weight is 427 g/mol. The SMILES string of the molecule is CC(C)CCC(=O)CC(Nc1ccc2ccc([ClH+])nc2n1)c1ccccc1C(=O)O. The summed E-state index contributed by atoms with van der Waals surface area (Å²) >= 11 is 5.12. The third-order valence-corrected chi connectivity index (χ3v) is 5.08. The quantitative estimate of drug-likeness (QED) is 0.487. The van der Waals surface area contributed by atoms with Crippen molar-refractivity contribution in [3.8, 4) is 0 Å². The van der Waals surface area contributed by atoms with Crippen LogP contribution in [0.15, 0.2) is 48.5 Å². The predicted molar refractivity (Wildman–Crippen MR) is 114 cm³/mol. The molecule has 0 saturated heterocycles. The number of aromatic carboxylic acids is 1. The number of hydrogen-bond acceptors (Lipinski definition) is 5. The highest BCUT2D eigenvalue weighted by Gasteiger charge is 2.22. The lowest BCUT2D eigenvalue weighted by Crippen LogP contribution is -2.19. The smallest absolute Gasteiger partial charge is 0.336 e. The second kappa shape index (κ2) is 9.67. The number of carbonyl (C=O) groups is 2. The van der Waals surface area contributed by atoms with E-state index in [1.807, 2.05) is 12.1 Å². The summed E-state index contributed by atoms with van der Waals surface area (Å²) in [6, 6.07) is 13.5. The maximum Gasteiger partial charge on any atom is 0.336 e. The minimum Gasteiger partial charge on any atom is -0.478 e. The number of halogens is 1. The number of benzene rings is 1. The van der Waals surface area contributed by atoms with Crippen LogP contribution in [-0.2, 0) is 4.79 Å². The molecule has 6 nitrogen and oxygen atoms in total. The number of Topliss-reactive ketones (excluding diaryl/α,β-unsaturated/α-hetero) is 1. The molecule has 1 aromatic carbocycles. The molecule has 2 N–H and O–H groups in total. The van der Waals surface area contributed by atoms with Gasteiger partial charge in [-0.2, -0.15) is 4.98 Å². The van der Waals surface area contributed by atoms with E-state index in [-0.39, 0.29) is 17.8 Å². The fraction of sp³-hybridized carbons (Fsp3) is 0.304. The Morgan fingerprint density at radius 1 is 1.07 bits per heavy atom. The topological polar surface area (TPSA) is 92.2 Å². The van der Waals surface area contributed by atoms with E-state index in [9.17, 15) is 14.7 Å². The molecule has 2 aromatic heterocycles. The number of ketones is 1. The number of carboxylic acid groups (broad SMARTS) is 1. The lowest BCUT2D eigenvalue weighted by atomic mass is 9.94. The molecule has 1 atom stereocenters. The molecule has 0 radical (unpaired) electrons. The van der Waals surface area contributed by atoms with Crippen LogP contribution in [0, 0.1) is 17.5 Å². The van der Waals surface area contributed by atoms with Gasteiger partial charge in [0.1, 0.15) is 11.6 Å². The second-order valence-corrected chi connectivity index (χ2v) is 8.08. The van der Waals surface area contributed by atoms with Gasteiger partial charge in [-0.25, -0.2) is 9.78 Å². The Hall–Kier alpha value is -2.99. The van der Waals surface area contributed by atoms with Crippen molar-refractivity contribution in [1.29, 1.82) is 0 Å². The first-order valence-corrected chi connectivity index (χ1v) is 10.3. The van der Waals surface area contributed by atoms with Gasteiger partial charge < -0.3 is 10.4 Å². The van der Waals surface area contributed by atoms with Crippen LogP contribution in [0.2, 0.25) is 5.15 Å². The lowest BCUT2D eigenvalue weighted by molar-refractivity contribution is -0.296. The molecule has 7 heteroatoms. The average Bonchev–Trinajstić information content (AvgIpc) is 2.71. The Balaban J connectivity index is 1.93. The highest BCUT2D eigenvalue weighted by atomic mass is 35.5. The summed E-state index contributed by atoms with van der Waals surface area (Å²) in [5.74, 6) is -0.0194. The van der Waals surface area contributed by atoms with Crippen molar-refractivity contribution in [2.24, 2.45) is 5.92 Å². The molecule has 0 fully saturated rings. The number of fused-ring (bicyclic) bond motifs is 1. The molecule has 0 spiro atoms. The van der Waals surface area contributed by atoms with Crippen molar-refractivity contribution in [3.05, 3.63) is 64.8 Å². The Morgan fingerprint density at radius 2 is 1.80 bits per heavy atom. The zero-order chi connectivity index (χ0) is 21.7. The van der Waals surface area contributed by atoms with Crippen molar-refractivity contribution in [1.82, 2.24) is 9.97 Å². The molecular formula is C23H25ClN3O3+. The van der Waals surface area contributed by atoms with E-state index in [2.05, 4.69) is 29.1 Å². The van der Waals surface area contributed by atoms with Gasteiger partial charge in [0, 0.05) is 24.3 Å². The minimum absolute atomic E-state index is 0.0770. The molecular weight excluding hydrogens is 402 g/mol. The van der Waals surface area contributed by atoms with Gasteiger partial charge in [-0.3, -0.25) is 4.79 Å². The van der Waals surface area contributed by atoms with E-state index in [1.165, 1.54) is 0 Å². The van der Waals surface area contributed by atoms with E-state index in [0.29, 0.717) is 34.5 Å². The van der Waals surface area contributed by atoms with Crippen LogP contribution in [0.1, 0.15) is 55.1 Å². The molecule has 30 heavy (non-hydrogen) atoms. The Labute approximate surface area is 180 Å². The summed E-state index contributed by atoms with van der Waals surface area (Å²) < 4.78 is 0. The van der Waals surface area contributed by atoms with Crippen molar-refractivity contribution < 1.29 is 26.3 Å². The van der Waals surface area contributed by atoms with Crippen molar-refractivity contribution in [2.75, 3.05) is 5.32 Å². The maximum atomic E-state index is 12.6. The van der Waals surface area contributed by atoms with Crippen LogP contribution in [0.3, 0.4) is 0 Å². The molecule has 0 aliphatic heterocycles. The zero-order valence-electron chi connectivity index (χ0n) is 17.0. The number of pyridine rings is 2. The van der Waals surface area contributed by atoms with Crippen molar-refractivity contribution in [3.63, 3.8) is 0 Å². The number of carboxylic acids is 1. The van der Waals surface area contributed by atoms with Crippen LogP contribution < -0.4 is 5.32 Å². The zero-order valence-corrected chi connectivity index (χ0v) is 17.8. The largest absolute Gasteiger partial charge is 0.478 e. The number of nitrogens with one attached hydrogen (secondary N) is 1. The molecule has 3 aromatic rings. The van der Waals surface area contributed by atoms with Crippen LogP contribution in [0.5, 0.6) is 0 Å². The monoisotopic (exact) mass is 426 g/mol. The van der Waals surface area contributed by atoms with Crippen LogP contribution >= 0.6 is 0 Å². The Morgan fingerprint density at radius 3 is 2.53 bits per heavy atom. The van der Waals surface area contributed by atoms with Gasteiger partial charge in [0.25, 0.3) is 0 Å². The van der Waals surface area contributed by atoms with Gasteiger partial charge >= 0.3 is 11.1 Å². The van der Waals surface area contributed by atoms with Crippen LogP contribution in [0.25, 0.3) is 11.0 Å². The fourth-order valence-electron chi connectivity index (χ4n) is 3.25. The number of nitrogens with zero attached hydrogens (tertiary/aromatic N) is 2. The van der Waals surface area contributed by atoms with Crippen molar-refractivity contribution in [2.45, 2.75) is 39.2 Å². The number of carbonyl (C=O) groups excluding carboxylic acids is 1. The predicted octanol–water partition coefficient (Wildman–Crippen LogP) is 4.57. The molecule has 0 amide bonds. The fourth-order valence-corrected chi connectivity index (χ4v) is 3.41. The molecule has 2 heterocycles. The highest BCUT2D eigenvalue weighted by Crippen LogP contribution is 2.27. The molecule has 0 saturated carbocycles. The summed E-state index contributed by atoms with van der Waals surface area (Å²) in [4.78, 5) is 33.2. The van der Waals surface area contributed by atoms with Gasteiger partial charge in [0.2, 0.25) is 0 Å².